The Morgan fingerprint density at radius 2 is 2.22 bits per heavy atom. The fraction of sp³-hybridized carbons (Fsp3) is 0.800. The van der Waals surface area contributed by atoms with E-state index in [1.54, 1.807) is 0 Å². The van der Waals surface area contributed by atoms with Gasteiger partial charge in [-0.05, 0) is 19.3 Å². The molecule has 0 radical (unpaired) electrons. The number of carboxylic acid groups (broad SMARTS) is 1. The summed E-state index contributed by atoms with van der Waals surface area (Å²) in [6, 6.07) is 0.208. The third kappa shape index (κ3) is 7.22. The van der Waals surface area contributed by atoms with Crippen molar-refractivity contribution in [2.75, 3.05) is 5.75 Å². The van der Waals surface area contributed by atoms with E-state index < -0.39 is 5.97 Å². The molecule has 23 heavy (non-hydrogen) atoms. The van der Waals surface area contributed by atoms with Crippen molar-refractivity contribution in [3.8, 4) is 0 Å². The standard InChI is InChI=1S/C10H16N2O3S.C5H11NO/c13-8(14)4-2-1-3-7-9-6(5-16-7)11-10(15)12-9;1-2-3-5(6)4-7/h6-7,9H,1-5H2,(H,13,14)(H2,11,12,15);4-5H,2-3,6H2,1H3/t6-,7-,9-;/m0./s1. The van der Waals surface area contributed by atoms with Crippen molar-refractivity contribution < 1.29 is 19.5 Å². The van der Waals surface area contributed by atoms with Gasteiger partial charge in [-0.3, -0.25) is 4.79 Å². The molecule has 0 aliphatic carbocycles. The van der Waals surface area contributed by atoms with Crippen LogP contribution in [0, 0.1) is 0 Å². The Morgan fingerprint density at radius 1 is 1.48 bits per heavy atom. The number of aliphatic carboxylic acids is 1. The molecule has 2 saturated heterocycles. The molecule has 2 amide bonds. The number of nitrogens with two attached hydrogens (primary N) is 1. The van der Waals surface area contributed by atoms with E-state index >= 15 is 0 Å². The van der Waals surface area contributed by atoms with Crippen LogP contribution < -0.4 is 16.4 Å². The third-order valence-corrected chi connectivity index (χ3v) is 5.37. The lowest BCUT2D eigenvalue weighted by Gasteiger charge is -2.16. The van der Waals surface area contributed by atoms with E-state index in [0.717, 1.165) is 44.1 Å². The molecule has 0 bridgehead atoms. The van der Waals surface area contributed by atoms with Crippen LogP contribution in [0.5, 0.6) is 0 Å². The fourth-order valence-electron chi connectivity index (χ4n) is 2.67. The molecule has 4 atom stereocenters. The number of nitrogens with one attached hydrogen (secondary N) is 2. The Hall–Kier alpha value is -1.28. The van der Waals surface area contributed by atoms with Gasteiger partial charge in [0, 0.05) is 17.4 Å². The van der Waals surface area contributed by atoms with Gasteiger partial charge in [-0.1, -0.05) is 19.8 Å². The van der Waals surface area contributed by atoms with Crippen molar-refractivity contribution in [1.29, 1.82) is 0 Å². The zero-order valence-electron chi connectivity index (χ0n) is 13.5. The number of carbonyl (C=O) groups excluding carboxylic acids is 2. The van der Waals surface area contributed by atoms with Gasteiger partial charge in [0.25, 0.3) is 0 Å². The molecule has 2 aliphatic heterocycles. The summed E-state index contributed by atoms with van der Waals surface area (Å²) in [7, 11) is 0. The van der Waals surface area contributed by atoms with Gasteiger partial charge in [-0.25, -0.2) is 4.79 Å². The molecule has 0 aromatic carbocycles. The Morgan fingerprint density at radius 3 is 2.78 bits per heavy atom. The van der Waals surface area contributed by atoms with Crippen LogP contribution in [0.4, 0.5) is 4.79 Å². The van der Waals surface area contributed by atoms with Crippen LogP contribution in [-0.4, -0.2) is 52.5 Å². The van der Waals surface area contributed by atoms with E-state index in [-0.39, 0.29) is 30.6 Å². The Bertz CT molecular complexity index is 408. The average Bonchev–Trinajstić information content (AvgIpc) is 3.04. The molecule has 2 fully saturated rings. The highest BCUT2D eigenvalue weighted by atomic mass is 32.2. The molecule has 2 heterocycles. The normalized spacial score (nSPS) is 26.3. The molecule has 1 unspecified atom stereocenters. The third-order valence-electron chi connectivity index (χ3n) is 3.86. The molecular weight excluding hydrogens is 318 g/mol. The van der Waals surface area contributed by atoms with Crippen molar-refractivity contribution in [2.45, 2.75) is 68.8 Å². The van der Waals surface area contributed by atoms with Crippen LogP contribution in [0.2, 0.25) is 0 Å². The fourth-order valence-corrected chi connectivity index (χ4v) is 4.21. The second-order valence-electron chi connectivity index (χ2n) is 5.85. The summed E-state index contributed by atoms with van der Waals surface area (Å²) < 4.78 is 0. The predicted molar refractivity (Wildman–Crippen MR) is 90.5 cm³/mol. The van der Waals surface area contributed by atoms with Gasteiger partial charge >= 0.3 is 12.0 Å². The smallest absolute Gasteiger partial charge is 0.315 e. The molecular formula is C15H27N3O4S. The van der Waals surface area contributed by atoms with Gasteiger partial charge in [0.1, 0.15) is 6.29 Å². The van der Waals surface area contributed by atoms with E-state index in [4.69, 9.17) is 10.8 Å². The van der Waals surface area contributed by atoms with Crippen LogP contribution in [-0.2, 0) is 9.59 Å². The molecule has 0 spiro atoms. The maximum absolute atomic E-state index is 11.1. The molecule has 132 valence electrons. The molecule has 0 aromatic rings. The summed E-state index contributed by atoms with van der Waals surface area (Å²) in [6.45, 7) is 2.00. The second kappa shape index (κ2) is 10.5. The summed E-state index contributed by atoms with van der Waals surface area (Å²) in [6.07, 6.45) is 5.46. The number of unbranched alkanes of at least 4 members (excludes halogenated alkanes) is 1. The lowest BCUT2D eigenvalue weighted by atomic mass is 10.0. The lowest BCUT2D eigenvalue weighted by molar-refractivity contribution is -0.137. The number of hydrogen-bond donors (Lipinski definition) is 4. The summed E-state index contributed by atoms with van der Waals surface area (Å²) >= 11 is 1.87. The molecule has 5 N–H and O–H groups in total. The highest BCUT2D eigenvalue weighted by Crippen LogP contribution is 2.33. The number of carboxylic acids is 1. The first kappa shape index (κ1) is 19.8. The maximum Gasteiger partial charge on any atom is 0.315 e. The minimum atomic E-state index is -0.729. The summed E-state index contributed by atoms with van der Waals surface area (Å²) in [4.78, 5) is 31.2. The first-order valence-electron chi connectivity index (χ1n) is 8.09. The average molecular weight is 345 g/mol. The summed E-state index contributed by atoms with van der Waals surface area (Å²) in [5, 5.41) is 14.8. The van der Waals surface area contributed by atoms with Gasteiger partial charge in [0.2, 0.25) is 0 Å². The summed E-state index contributed by atoms with van der Waals surface area (Å²) in [5.74, 6) is 0.236. The monoisotopic (exact) mass is 345 g/mol. The van der Waals surface area contributed by atoms with Gasteiger partial charge in [-0.15, -0.1) is 0 Å². The highest BCUT2D eigenvalue weighted by Gasteiger charge is 2.42. The van der Waals surface area contributed by atoms with Crippen LogP contribution in [0.3, 0.4) is 0 Å². The zero-order valence-corrected chi connectivity index (χ0v) is 14.3. The minimum Gasteiger partial charge on any atom is -0.481 e. The van der Waals surface area contributed by atoms with Gasteiger partial charge in [0.15, 0.2) is 0 Å². The Balaban J connectivity index is 0.000000322. The molecule has 2 aliphatic rings. The van der Waals surface area contributed by atoms with Crippen molar-refractivity contribution in [1.82, 2.24) is 10.6 Å². The minimum absolute atomic E-state index is 0.0640. The van der Waals surface area contributed by atoms with E-state index in [0.29, 0.717) is 5.25 Å². The SMILES string of the molecule is CCCC(N)C=O.O=C(O)CCCC[C@@H]1SC[C@@H]2NC(=O)N[C@@H]21. The predicted octanol–water partition coefficient (Wildman–Crippen LogP) is 1.11. The number of hydrogen-bond acceptors (Lipinski definition) is 5. The number of amides is 2. The van der Waals surface area contributed by atoms with Crippen molar-refractivity contribution >= 4 is 30.0 Å². The van der Waals surface area contributed by atoms with Crippen molar-refractivity contribution in [3.63, 3.8) is 0 Å². The summed E-state index contributed by atoms with van der Waals surface area (Å²) in [5.41, 5.74) is 5.22. The zero-order chi connectivity index (χ0) is 17.2. The maximum atomic E-state index is 11.1. The molecule has 0 aromatic heterocycles. The molecule has 7 nitrogen and oxygen atoms in total. The van der Waals surface area contributed by atoms with Gasteiger partial charge < -0.3 is 26.3 Å². The Kier molecular flexibility index (Phi) is 9.01. The van der Waals surface area contributed by atoms with Crippen molar-refractivity contribution in [2.24, 2.45) is 5.73 Å². The van der Waals surface area contributed by atoms with Crippen LogP contribution in [0.15, 0.2) is 0 Å². The lowest BCUT2D eigenvalue weighted by Crippen LogP contribution is -2.36. The number of thioether (sulfide) groups is 1. The number of urea groups is 1. The van der Waals surface area contributed by atoms with E-state index in [1.165, 1.54) is 0 Å². The number of fused-ring (bicyclic) bond motifs is 1. The largest absolute Gasteiger partial charge is 0.481 e. The first-order valence-corrected chi connectivity index (χ1v) is 9.14. The van der Waals surface area contributed by atoms with Crippen LogP contribution in [0.25, 0.3) is 0 Å². The topological polar surface area (TPSA) is 122 Å². The van der Waals surface area contributed by atoms with Gasteiger partial charge in [0.05, 0.1) is 18.1 Å². The van der Waals surface area contributed by atoms with Gasteiger partial charge in [-0.2, -0.15) is 11.8 Å². The van der Waals surface area contributed by atoms with E-state index in [9.17, 15) is 14.4 Å². The van der Waals surface area contributed by atoms with Crippen molar-refractivity contribution in [3.05, 3.63) is 0 Å². The quantitative estimate of drug-likeness (QED) is 0.297. The van der Waals surface area contributed by atoms with Crippen LogP contribution >= 0.6 is 11.8 Å². The van der Waals surface area contributed by atoms with E-state index in [2.05, 4.69) is 10.6 Å². The number of carbonyl (C=O) groups is 3. The Labute approximate surface area is 141 Å². The molecule has 0 saturated carbocycles. The number of rotatable bonds is 8. The molecule has 2 rings (SSSR count). The first-order chi connectivity index (χ1) is 11.0. The van der Waals surface area contributed by atoms with Crippen LogP contribution in [0.1, 0.15) is 45.4 Å². The highest BCUT2D eigenvalue weighted by molar-refractivity contribution is 8.00. The van der Waals surface area contributed by atoms with E-state index in [1.807, 2.05) is 18.7 Å². The number of aldehydes is 1. The second-order valence-corrected chi connectivity index (χ2v) is 7.12. The molecule has 8 heteroatoms.